The highest BCUT2D eigenvalue weighted by Gasteiger charge is 2.29. The summed E-state index contributed by atoms with van der Waals surface area (Å²) in [4.78, 5) is 5.84. The van der Waals surface area contributed by atoms with Crippen LogP contribution in [0.5, 0.6) is 0 Å². The molecule has 2 aliphatic rings. The lowest BCUT2D eigenvalue weighted by atomic mass is 10.4. The second-order valence-electron chi connectivity index (χ2n) is 2.78. The molecule has 6 nitrogen and oxygen atoms in total. The lowest BCUT2D eigenvalue weighted by molar-refractivity contribution is 0.382. The molecule has 1 fully saturated rings. The fourth-order valence-corrected chi connectivity index (χ4v) is 1.29. The second kappa shape index (κ2) is 2.21. The summed E-state index contributed by atoms with van der Waals surface area (Å²) < 4.78 is 0. The van der Waals surface area contributed by atoms with Gasteiger partial charge in [0.2, 0.25) is 0 Å². The van der Waals surface area contributed by atoms with Gasteiger partial charge in [-0.3, -0.25) is 5.41 Å². The van der Waals surface area contributed by atoms with E-state index < -0.39 is 0 Å². The van der Waals surface area contributed by atoms with Crippen LogP contribution in [0.4, 0.5) is 0 Å². The first-order valence-corrected chi connectivity index (χ1v) is 3.58. The molecule has 2 heterocycles. The Bertz CT molecular complexity index is 288. The van der Waals surface area contributed by atoms with Gasteiger partial charge in [-0.05, 0) is 0 Å². The van der Waals surface area contributed by atoms with Gasteiger partial charge in [0.05, 0.1) is 19.3 Å². The van der Waals surface area contributed by atoms with Gasteiger partial charge in [0, 0.05) is 0 Å². The van der Waals surface area contributed by atoms with Gasteiger partial charge < -0.3 is 10.6 Å². The van der Waals surface area contributed by atoms with Crippen LogP contribution in [0, 0.1) is 5.41 Å². The van der Waals surface area contributed by atoms with Crippen LogP contribution in [0.2, 0.25) is 0 Å². The third-order valence-electron chi connectivity index (χ3n) is 1.90. The molecule has 2 rings (SSSR count). The number of nitrogens with two attached hydrogens (primary N) is 2. The van der Waals surface area contributed by atoms with E-state index in [0.29, 0.717) is 24.8 Å². The van der Waals surface area contributed by atoms with Gasteiger partial charge in [-0.25, -0.2) is 15.8 Å². The molecule has 0 aromatic heterocycles. The third-order valence-corrected chi connectivity index (χ3v) is 1.90. The molecule has 0 aromatic carbocycles. The SMILES string of the molecule is N=C1CN2CC(N)=NC=C2N1N. The zero-order chi connectivity index (χ0) is 8.72. The molecular formula is C6H10N6. The zero-order valence-corrected chi connectivity index (χ0v) is 6.49. The topological polar surface area (TPSA) is 94.7 Å². The van der Waals surface area contributed by atoms with Crippen molar-refractivity contribution in [2.24, 2.45) is 16.6 Å². The Balaban J connectivity index is 2.31. The maximum Gasteiger partial charge on any atom is 0.144 e. The smallest absolute Gasteiger partial charge is 0.144 e. The Labute approximate surface area is 69.6 Å². The Morgan fingerprint density at radius 3 is 3.00 bits per heavy atom. The van der Waals surface area contributed by atoms with Gasteiger partial charge in [-0.1, -0.05) is 0 Å². The van der Waals surface area contributed by atoms with Gasteiger partial charge in [-0.15, -0.1) is 0 Å². The van der Waals surface area contributed by atoms with Gasteiger partial charge in [-0.2, -0.15) is 0 Å². The van der Waals surface area contributed by atoms with E-state index >= 15 is 0 Å². The summed E-state index contributed by atoms with van der Waals surface area (Å²) in [6.07, 6.45) is 1.58. The monoisotopic (exact) mass is 166 g/mol. The molecule has 0 saturated carbocycles. The minimum Gasteiger partial charge on any atom is -0.386 e. The largest absolute Gasteiger partial charge is 0.386 e. The Morgan fingerprint density at radius 2 is 2.25 bits per heavy atom. The maximum absolute atomic E-state index is 7.44. The van der Waals surface area contributed by atoms with Crippen LogP contribution in [0.25, 0.3) is 0 Å². The van der Waals surface area contributed by atoms with Crippen molar-refractivity contribution in [3.8, 4) is 0 Å². The van der Waals surface area contributed by atoms with E-state index in [1.165, 1.54) is 5.01 Å². The molecule has 5 N–H and O–H groups in total. The number of nitrogens with zero attached hydrogens (tertiary/aromatic N) is 3. The predicted molar refractivity (Wildman–Crippen MR) is 45.0 cm³/mol. The Hall–Kier alpha value is -1.56. The molecule has 1 saturated heterocycles. The molecule has 0 amide bonds. The van der Waals surface area contributed by atoms with E-state index in [1.54, 1.807) is 6.20 Å². The van der Waals surface area contributed by atoms with E-state index in [9.17, 15) is 0 Å². The third kappa shape index (κ3) is 0.850. The number of fused-ring (bicyclic) bond motifs is 1. The molecule has 0 atom stereocenters. The highest BCUT2D eigenvalue weighted by molar-refractivity contribution is 5.89. The first-order valence-electron chi connectivity index (χ1n) is 3.58. The number of nitrogens with one attached hydrogen (secondary N) is 1. The first-order chi connectivity index (χ1) is 5.68. The Kier molecular flexibility index (Phi) is 1.31. The van der Waals surface area contributed by atoms with Crippen LogP contribution in [-0.4, -0.2) is 34.7 Å². The van der Waals surface area contributed by atoms with Crippen molar-refractivity contribution in [2.45, 2.75) is 0 Å². The number of amidine groups is 2. The number of hydrogen-bond donors (Lipinski definition) is 3. The van der Waals surface area contributed by atoms with Gasteiger partial charge >= 0.3 is 0 Å². The van der Waals surface area contributed by atoms with Crippen LogP contribution in [-0.2, 0) is 0 Å². The maximum atomic E-state index is 7.44. The Morgan fingerprint density at radius 1 is 1.50 bits per heavy atom. The van der Waals surface area contributed by atoms with Crippen molar-refractivity contribution in [2.75, 3.05) is 13.1 Å². The van der Waals surface area contributed by atoms with Crippen molar-refractivity contribution in [3.05, 3.63) is 12.0 Å². The minimum absolute atomic E-state index is 0.367. The minimum atomic E-state index is 0.367. The first kappa shape index (κ1) is 7.11. The van der Waals surface area contributed by atoms with Crippen LogP contribution in [0.1, 0.15) is 0 Å². The van der Waals surface area contributed by atoms with Crippen molar-refractivity contribution in [1.82, 2.24) is 9.91 Å². The molecule has 0 radical (unpaired) electrons. The lowest BCUT2D eigenvalue weighted by Crippen LogP contribution is -2.36. The molecule has 0 unspecified atom stereocenters. The summed E-state index contributed by atoms with van der Waals surface area (Å²) in [5.41, 5.74) is 5.52. The number of hydrazine groups is 1. The highest BCUT2D eigenvalue weighted by Crippen LogP contribution is 2.17. The summed E-state index contributed by atoms with van der Waals surface area (Å²) >= 11 is 0. The predicted octanol–water partition coefficient (Wildman–Crippen LogP) is -1.38. The average molecular weight is 166 g/mol. The number of rotatable bonds is 0. The lowest BCUT2D eigenvalue weighted by Gasteiger charge is -2.22. The zero-order valence-electron chi connectivity index (χ0n) is 6.49. The van der Waals surface area contributed by atoms with Gasteiger partial charge in [0.25, 0.3) is 0 Å². The number of hydrogen-bond acceptors (Lipinski definition) is 5. The van der Waals surface area contributed by atoms with Gasteiger partial charge in [0.1, 0.15) is 17.5 Å². The van der Waals surface area contributed by atoms with E-state index in [0.717, 1.165) is 5.82 Å². The quantitative estimate of drug-likeness (QED) is 0.387. The molecule has 0 aromatic rings. The summed E-state index contributed by atoms with van der Waals surface area (Å²) in [5.74, 6) is 7.24. The summed E-state index contributed by atoms with van der Waals surface area (Å²) in [7, 11) is 0. The molecular weight excluding hydrogens is 156 g/mol. The summed E-state index contributed by atoms with van der Waals surface area (Å²) in [5, 5.41) is 8.76. The van der Waals surface area contributed by atoms with Crippen molar-refractivity contribution in [1.29, 1.82) is 5.41 Å². The van der Waals surface area contributed by atoms with E-state index in [4.69, 9.17) is 17.0 Å². The van der Waals surface area contributed by atoms with E-state index in [2.05, 4.69) is 4.99 Å². The molecule has 0 bridgehead atoms. The normalized spacial score (nSPS) is 22.2. The molecule has 2 aliphatic heterocycles. The molecule has 0 aliphatic carbocycles. The molecule has 6 heteroatoms. The highest BCUT2D eigenvalue weighted by atomic mass is 15.6. The van der Waals surface area contributed by atoms with Crippen molar-refractivity contribution < 1.29 is 0 Å². The summed E-state index contributed by atoms with van der Waals surface area (Å²) in [6, 6.07) is 0. The summed E-state index contributed by atoms with van der Waals surface area (Å²) in [6.45, 7) is 1.07. The van der Waals surface area contributed by atoms with Crippen LogP contribution in [0.15, 0.2) is 17.0 Å². The van der Waals surface area contributed by atoms with Gasteiger partial charge in [0.15, 0.2) is 0 Å². The van der Waals surface area contributed by atoms with Crippen molar-refractivity contribution in [3.63, 3.8) is 0 Å². The molecule has 64 valence electrons. The average Bonchev–Trinajstić information content (AvgIpc) is 2.28. The fourth-order valence-electron chi connectivity index (χ4n) is 1.29. The van der Waals surface area contributed by atoms with E-state index in [1.807, 2.05) is 4.90 Å². The number of aliphatic imine (C=N–C) groups is 1. The van der Waals surface area contributed by atoms with Crippen LogP contribution in [0.3, 0.4) is 0 Å². The molecule has 12 heavy (non-hydrogen) atoms. The van der Waals surface area contributed by atoms with Crippen LogP contribution >= 0.6 is 0 Å². The fraction of sp³-hybridized carbons (Fsp3) is 0.333. The molecule has 0 spiro atoms. The van der Waals surface area contributed by atoms with Crippen LogP contribution < -0.4 is 11.6 Å². The standard InChI is InChI=1S/C6H10N6/c7-4-2-11-3-5(8)12(9)6(11)1-10-4/h1,8H,2-3,9H2,(H2,7,10). The van der Waals surface area contributed by atoms with Crippen molar-refractivity contribution >= 4 is 11.7 Å². The van der Waals surface area contributed by atoms with E-state index in [-0.39, 0.29) is 0 Å². The second-order valence-corrected chi connectivity index (χ2v) is 2.78.